The minimum Gasteiger partial charge on any atom is -0.464 e. The van der Waals surface area contributed by atoms with Crippen LogP contribution < -0.4 is 10.9 Å². The standard InChI is InChI=1S/C4H10N2O3/c1-9-3-2-5-6-4(7)8/h5-6H,2-3H2,1H3,(H,7,8). The van der Waals surface area contributed by atoms with Crippen LogP contribution in [0.3, 0.4) is 0 Å². The van der Waals surface area contributed by atoms with Crippen molar-refractivity contribution in [2.75, 3.05) is 20.3 Å². The first-order chi connectivity index (χ1) is 4.27. The van der Waals surface area contributed by atoms with Gasteiger partial charge >= 0.3 is 6.09 Å². The number of amides is 1. The SMILES string of the molecule is COCCNNC(=O)O. The largest absolute Gasteiger partial charge is 0.464 e. The van der Waals surface area contributed by atoms with Crippen molar-refractivity contribution in [3.8, 4) is 0 Å². The van der Waals surface area contributed by atoms with Crippen molar-refractivity contribution >= 4 is 6.09 Å². The van der Waals surface area contributed by atoms with Crippen LogP contribution >= 0.6 is 0 Å². The molecule has 0 saturated heterocycles. The number of carbonyl (C=O) groups is 1. The summed E-state index contributed by atoms with van der Waals surface area (Å²) in [5.74, 6) is 0. The summed E-state index contributed by atoms with van der Waals surface area (Å²) in [6.45, 7) is 0.961. The number of methoxy groups -OCH3 is 1. The van der Waals surface area contributed by atoms with Crippen LogP contribution in [0.15, 0.2) is 0 Å². The molecular weight excluding hydrogens is 124 g/mol. The van der Waals surface area contributed by atoms with E-state index in [9.17, 15) is 4.79 Å². The zero-order valence-electron chi connectivity index (χ0n) is 5.18. The van der Waals surface area contributed by atoms with Crippen LogP contribution in [0, 0.1) is 0 Å². The first-order valence-corrected chi connectivity index (χ1v) is 2.48. The molecule has 0 unspecified atom stereocenters. The van der Waals surface area contributed by atoms with Gasteiger partial charge in [-0.25, -0.2) is 10.2 Å². The van der Waals surface area contributed by atoms with Gasteiger partial charge in [-0.1, -0.05) is 0 Å². The molecule has 0 radical (unpaired) electrons. The second kappa shape index (κ2) is 5.33. The molecule has 54 valence electrons. The predicted octanol–water partition coefficient (Wildman–Crippen LogP) is -0.595. The highest BCUT2D eigenvalue weighted by atomic mass is 16.5. The molecule has 0 atom stereocenters. The Hall–Kier alpha value is -0.810. The average molecular weight is 134 g/mol. The lowest BCUT2D eigenvalue weighted by molar-refractivity contribution is 0.176. The summed E-state index contributed by atoms with van der Waals surface area (Å²) >= 11 is 0. The molecule has 0 fully saturated rings. The van der Waals surface area contributed by atoms with E-state index in [2.05, 4.69) is 10.2 Å². The van der Waals surface area contributed by atoms with Gasteiger partial charge in [-0.15, -0.1) is 0 Å². The topological polar surface area (TPSA) is 70.6 Å². The lowest BCUT2D eigenvalue weighted by Gasteiger charge is -2.00. The van der Waals surface area contributed by atoms with Crippen LogP contribution in [-0.4, -0.2) is 31.5 Å². The second-order valence-corrected chi connectivity index (χ2v) is 1.35. The monoisotopic (exact) mass is 134 g/mol. The van der Waals surface area contributed by atoms with Crippen LogP contribution in [0.1, 0.15) is 0 Å². The normalized spacial score (nSPS) is 9.00. The van der Waals surface area contributed by atoms with Gasteiger partial charge in [0, 0.05) is 13.7 Å². The van der Waals surface area contributed by atoms with Gasteiger partial charge in [0.15, 0.2) is 0 Å². The summed E-state index contributed by atoms with van der Waals surface area (Å²) in [7, 11) is 1.54. The number of hydrogen-bond acceptors (Lipinski definition) is 3. The Bertz CT molecular complexity index is 85.9. The number of rotatable bonds is 4. The molecule has 0 rings (SSSR count). The fourth-order valence-corrected chi connectivity index (χ4v) is 0.291. The summed E-state index contributed by atoms with van der Waals surface area (Å²) in [4.78, 5) is 9.75. The van der Waals surface area contributed by atoms with E-state index in [4.69, 9.17) is 5.11 Å². The maximum Gasteiger partial charge on any atom is 0.419 e. The molecule has 0 aromatic heterocycles. The van der Waals surface area contributed by atoms with E-state index in [0.29, 0.717) is 13.2 Å². The molecule has 0 aromatic rings. The van der Waals surface area contributed by atoms with Gasteiger partial charge in [-0.05, 0) is 0 Å². The third-order valence-electron chi connectivity index (χ3n) is 0.627. The van der Waals surface area contributed by atoms with Crippen molar-refractivity contribution in [3.05, 3.63) is 0 Å². The summed E-state index contributed by atoms with van der Waals surface area (Å²) < 4.78 is 4.63. The third kappa shape index (κ3) is 7.19. The van der Waals surface area contributed by atoms with Gasteiger partial charge in [0.2, 0.25) is 0 Å². The van der Waals surface area contributed by atoms with Crippen LogP contribution in [0.2, 0.25) is 0 Å². The molecule has 0 spiro atoms. The Morgan fingerprint density at radius 3 is 2.89 bits per heavy atom. The van der Waals surface area contributed by atoms with Gasteiger partial charge in [-0.2, -0.15) is 0 Å². The van der Waals surface area contributed by atoms with Crippen molar-refractivity contribution in [1.29, 1.82) is 0 Å². The van der Waals surface area contributed by atoms with Crippen LogP contribution in [0.4, 0.5) is 4.79 Å². The Balaban J connectivity index is 2.83. The minimum atomic E-state index is -1.09. The average Bonchev–Trinajstić information content (AvgIpc) is 1.80. The lowest BCUT2D eigenvalue weighted by Crippen LogP contribution is -2.38. The molecule has 0 aliphatic rings. The molecule has 3 N–H and O–H groups in total. The molecule has 0 aliphatic carbocycles. The zero-order valence-corrected chi connectivity index (χ0v) is 5.18. The van der Waals surface area contributed by atoms with E-state index in [0.717, 1.165) is 0 Å². The second-order valence-electron chi connectivity index (χ2n) is 1.35. The molecule has 0 aliphatic heterocycles. The Morgan fingerprint density at radius 1 is 1.78 bits per heavy atom. The first-order valence-electron chi connectivity index (χ1n) is 2.48. The van der Waals surface area contributed by atoms with E-state index in [1.165, 1.54) is 0 Å². The highest BCUT2D eigenvalue weighted by Gasteiger charge is 1.88. The molecule has 9 heavy (non-hydrogen) atoms. The van der Waals surface area contributed by atoms with Crippen molar-refractivity contribution in [3.63, 3.8) is 0 Å². The predicted molar refractivity (Wildman–Crippen MR) is 31.0 cm³/mol. The van der Waals surface area contributed by atoms with E-state index in [-0.39, 0.29) is 0 Å². The smallest absolute Gasteiger partial charge is 0.419 e. The summed E-state index contributed by atoms with van der Waals surface area (Å²) in [5, 5.41) is 8.00. The van der Waals surface area contributed by atoms with Gasteiger partial charge < -0.3 is 9.84 Å². The van der Waals surface area contributed by atoms with E-state index >= 15 is 0 Å². The molecule has 0 saturated carbocycles. The maximum atomic E-state index is 9.75. The minimum absolute atomic E-state index is 0.475. The summed E-state index contributed by atoms with van der Waals surface area (Å²) in [5.41, 5.74) is 4.38. The Kier molecular flexibility index (Phi) is 4.85. The van der Waals surface area contributed by atoms with Crippen molar-refractivity contribution in [1.82, 2.24) is 10.9 Å². The van der Waals surface area contributed by atoms with Gasteiger partial charge in [-0.3, -0.25) is 5.43 Å². The van der Waals surface area contributed by atoms with Crippen molar-refractivity contribution < 1.29 is 14.6 Å². The zero-order chi connectivity index (χ0) is 7.11. The Morgan fingerprint density at radius 2 is 2.44 bits per heavy atom. The molecular formula is C4H10N2O3. The number of nitrogens with one attached hydrogen (secondary N) is 2. The molecule has 5 nitrogen and oxygen atoms in total. The highest BCUT2D eigenvalue weighted by molar-refractivity contribution is 5.63. The summed E-state index contributed by atoms with van der Waals surface area (Å²) in [6.07, 6.45) is -1.09. The van der Waals surface area contributed by atoms with Crippen LogP contribution in [-0.2, 0) is 4.74 Å². The molecule has 0 bridgehead atoms. The number of carboxylic acid groups (broad SMARTS) is 1. The maximum absolute atomic E-state index is 9.75. The molecule has 0 aromatic carbocycles. The van der Waals surface area contributed by atoms with Crippen LogP contribution in [0.5, 0.6) is 0 Å². The van der Waals surface area contributed by atoms with E-state index < -0.39 is 6.09 Å². The van der Waals surface area contributed by atoms with Gasteiger partial charge in [0.25, 0.3) is 0 Å². The molecule has 0 heterocycles. The number of ether oxygens (including phenoxy) is 1. The fourth-order valence-electron chi connectivity index (χ4n) is 0.291. The van der Waals surface area contributed by atoms with Crippen molar-refractivity contribution in [2.24, 2.45) is 0 Å². The van der Waals surface area contributed by atoms with E-state index in [1.807, 2.05) is 5.43 Å². The third-order valence-corrected chi connectivity index (χ3v) is 0.627. The van der Waals surface area contributed by atoms with Crippen molar-refractivity contribution in [2.45, 2.75) is 0 Å². The summed E-state index contributed by atoms with van der Waals surface area (Å²) in [6, 6.07) is 0. The van der Waals surface area contributed by atoms with Gasteiger partial charge in [0.1, 0.15) is 0 Å². The van der Waals surface area contributed by atoms with Gasteiger partial charge in [0.05, 0.1) is 6.61 Å². The first kappa shape index (κ1) is 8.19. The fraction of sp³-hybridized carbons (Fsp3) is 0.750. The number of hydrogen-bond donors (Lipinski definition) is 3. The van der Waals surface area contributed by atoms with E-state index in [1.54, 1.807) is 7.11 Å². The molecule has 1 amide bonds. The number of hydrazine groups is 1. The Labute approximate surface area is 53.0 Å². The molecule has 5 heteroatoms. The quantitative estimate of drug-likeness (QED) is 0.355. The highest BCUT2D eigenvalue weighted by Crippen LogP contribution is 1.60. The van der Waals surface area contributed by atoms with Crippen LogP contribution in [0.25, 0.3) is 0 Å². The lowest BCUT2D eigenvalue weighted by atomic mass is 10.7.